The van der Waals surface area contributed by atoms with E-state index in [0.29, 0.717) is 15.7 Å². The maximum Gasteiger partial charge on any atom is 0.257 e. The van der Waals surface area contributed by atoms with Crippen molar-refractivity contribution in [2.24, 2.45) is 0 Å². The van der Waals surface area contributed by atoms with Gasteiger partial charge in [-0.05, 0) is 23.8 Å². The Labute approximate surface area is 146 Å². The van der Waals surface area contributed by atoms with E-state index >= 15 is 0 Å². The first-order valence-corrected chi connectivity index (χ1v) is 8.96. The molecule has 1 N–H and O–H groups in total. The molecule has 0 aliphatic rings. The number of hydrogen-bond acceptors (Lipinski definition) is 5. The lowest BCUT2D eigenvalue weighted by atomic mass is 10.2. The predicted molar refractivity (Wildman–Crippen MR) is 95.3 cm³/mol. The van der Waals surface area contributed by atoms with E-state index in [0.717, 1.165) is 10.1 Å². The minimum atomic E-state index is -0.247. The van der Waals surface area contributed by atoms with Crippen molar-refractivity contribution in [3.63, 3.8) is 0 Å². The Kier molecular flexibility index (Phi) is 5.27. The van der Waals surface area contributed by atoms with Gasteiger partial charge >= 0.3 is 0 Å². The fourth-order valence-corrected chi connectivity index (χ4v) is 3.73. The van der Waals surface area contributed by atoms with E-state index < -0.39 is 0 Å². The topological polar surface area (TPSA) is 54.9 Å². The molecule has 7 heteroatoms. The second-order valence-corrected chi connectivity index (χ2v) is 7.25. The van der Waals surface area contributed by atoms with Crippen LogP contribution in [0.5, 0.6) is 0 Å². The van der Waals surface area contributed by atoms with Crippen molar-refractivity contribution in [3.05, 3.63) is 70.7 Å². The second-order valence-electron chi connectivity index (χ2n) is 4.61. The van der Waals surface area contributed by atoms with Gasteiger partial charge in [-0.3, -0.25) is 10.1 Å². The van der Waals surface area contributed by atoms with Crippen LogP contribution in [0.2, 0.25) is 5.02 Å². The van der Waals surface area contributed by atoms with Gasteiger partial charge in [0.25, 0.3) is 5.91 Å². The molecule has 116 valence electrons. The molecule has 0 saturated carbocycles. The summed E-state index contributed by atoms with van der Waals surface area (Å²) < 4.78 is 0.815. The lowest BCUT2D eigenvalue weighted by Crippen LogP contribution is -2.11. The van der Waals surface area contributed by atoms with Gasteiger partial charge < -0.3 is 0 Å². The van der Waals surface area contributed by atoms with Crippen molar-refractivity contribution < 1.29 is 4.79 Å². The molecule has 0 atom stereocenters. The molecule has 3 rings (SSSR count). The Bertz CT molecular complexity index is 808. The number of amides is 1. The normalized spacial score (nSPS) is 10.5. The fraction of sp³-hybridized carbons (Fsp3) is 0.0625. The van der Waals surface area contributed by atoms with Crippen LogP contribution in [-0.2, 0) is 5.75 Å². The van der Waals surface area contributed by atoms with E-state index in [4.69, 9.17) is 11.6 Å². The van der Waals surface area contributed by atoms with Crippen molar-refractivity contribution in [3.8, 4) is 0 Å². The van der Waals surface area contributed by atoms with Gasteiger partial charge in [-0.1, -0.05) is 71.1 Å². The highest BCUT2D eigenvalue weighted by Crippen LogP contribution is 2.28. The molecule has 0 unspecified atom stereocenters. The summed E-state index contributed by atoms with van der Waals surface area (Å²) in [6.45, 7) is 0. The van der Waals surface area contributed by atoms with Crippen LogP contribution >= 0.6 is 34.7 Å². The van der Waals surface area contributed by atoms with Crippen LogP contribution < -0.4 is 5.32 Å². The van der Waals surface area contributed by atoms with Gasteiger partial charge in [-0.2, -0.15) is 0 Å². The van der Waals surface area contributed by atoms with Crippen LogP contribution in [0.1, 0.15) is 15.9 Å². The Hall–Kier alpha value is -1.89. The third-order valence-electron chi connectivity index (χ3n) is 2.92. The van der Waals surface area contributed by atoms with Gasteiger partial charge in [-0.25, -0.2) is 0 Å². The predicted octanol–water partition coefficient (Wildman–Crippen LogP) is 4.74. The summed E-state index contributed by atoms with van der Waals surface area (Å²) in [7, 11) is 0. The number of benzene rings is 2. The Balaban J connectivity index is 1.60. The molecule has 4 nitrogen and oxygen atoms in total. The van der Waals surface area contributed by atoms with Crippen LogP contribution in [0.25, 0.3) is 0 Å². The summed E-state index contributed by atoms with van der Waals surface area (Å²) in [5, 5.41) is 11.8. The molecule has 0 aliphatic heterocycles. The van der Waals surface area contributed by atoms with Crippen LogP contribution in [0.4, 0.5) is 5.13 Å². The van der Waals surface area contributed by atoms with Crippen LogP contribution in [0.3, 0.4) is 0 Å². The maximum atomic E-state index is 12.1. The SMILES string of the molecule is O=C(Nc1nnc(SCc2ccccc2)s1)c1cccc(Cl)c1. The summed E-state index contributed by atoms with van der Waals surface area (Å²) in [5.74, 6) is 0.570. The van der Waals surface area contributed by atoms with Crippen LogP contribution in [-0.4, -0.2) is 16.1 Å². The van der Waals surface area contributed by atoms with Gasteiger partial charge in [0.1, 0.15) is 0 Å². The Morgan fingerprint density at radius 1 is 1.13 bits per heavy atom. The minimum absolute atomic E-state index is 0.247. The first-order chi connectivity index (χ1) is 11.2. The highest BCUT2D eigenvalue weighted by atomic mass is 35.5. The zero-order valence-electron chi connectivity index (χ0n) is 11.9. The van der Waals surface area contributed by atoms with E-state index in [2.05, 4.69) is 27.6 Å². The molecule has 0 fully saturated rings. The lowest BCUT2D eigenvalue weighted by Gasteiger charge is -2.01. The third kappa shape index (κ3) is 4.54. The number of nitrogens with one attached hydrogen (secondary N) is 1. The van der Waals surface area contributed by atoms with Gasteiger partial charge in [0.2, 0.25) is 5.13 Å². The quantitative estimate of drug-likeness (QED) is 0.527. The number of anilines is 1. The summed E-state index contributed by atoms with van der Waals surface area (Å²) in [4.78, 5) is 12.1. The molecule has 1 amide bonds. The first kappa shape index (κ1) is 16.0. The highest BCUT2D eigenvalue weighted by molar-refractivity contribution is 8.00. The summed E-state index contributed by atoms with van der Waals surface area (Å²) in [6.07, 6.45) is 0. The highest BCUT2D eigenvalue weighted by Gasteiger charge is 2.11. The largest absolute Gasteiger partial charge is 0.296 e. The van der Waals surface area contributed by atoms with Crippen LogP contribution in [0.15, 0.2) is 58.9 Å². The van der Waals surface area contributed by atoms with E-state index in [-0.39, 0.29) is 5.91 Å². The number of rotatable bonds is 5. The van der Waals surface area contributed by atoms with Crippen LogP contribution in [0, 0.1) is 0 Å². The van der Waals surface area contributed by atoms with E-state index in [9.17, 15) is 4.79 Å². The monoisotopic (exact) mass is 361 g/mol. The van der Waals surface area contributed by atoms with E-state index in [1.54, 1.807) is 36.0 Å². The van der Waals surface area contributed by atoms with Gasteiger partial charge in [0.15, 0.2) is 4.34 Å². The van der Waals surface area contributed by atoms with Gasteiger partial charge in [0.05, 0.1) is 0 Å². The number of hydrogen-bond donors (Lipinski definition) is 1. The first-order valence-electron chi connectivity index (χ1n) is 6.78. The molecule has 0 saturated heterocycles. The molecular formula is C16H12ClN3OS2. The maximum absolute atomic E-state index is 12.1. The molecule has 0 radical (unpaired) electrons. The molecule has 3 aromatic rings. The third-order valence-corrected chi connectivity index (χ3v) is 5.20. The van der Waals surface area contributed by atoms with Gasteiger partial charge in [0, 0.05) is 16.3 Å². The number of carbonyl (C=O) groups excluding carboxylic acids is 1. The average Bonchev–Trinajstić information content (AvgIpc) is 3.01. The van der Waals surface area contributed by atoms with Gasteiger partial charge in [-0.15, -0.1) is 10.2 Å². The molecule has 2 aromatic carbocycles. The molecule has 0 spiro atoms. The average molecular weight is 362 g/mol. The van der Waals surface area contributed by atoms with Crippen molar-refractivity contribution in [2.45, 2.75) is 10.1 Å². The summed E-state index contributed by atoms with van der Waals surface area (Å²) in [5.41, 5.74) is 1.71. The van der Waals surface area contributed by atoms with E-state index in [1.807, 2.05) is 18.2 Å². The van der Waals surface area contributed by atoms with Crippen molar-refractivity contribution in [1.29, 1.82) is 0 Å². The molecule has 23 heavy (non-hydrogen) atoms. The molecule has 1 heterocycles. The molecule has 0 bridgehead atoms. The summed E-state index contributed by atoms with van der Waals surface area (Å²) >= 11 is 8.83. The second kappa shape index (κ2) is 7.59. The Morgan fingerprint density at radius 2 is 1.96 bits per heavy atom. The number of thioether (sulfide) groups is 1. The minimum Gasteiger partial charge on any atom is -0.296 e. The standard InChI is InChI=1S/C16H12ClN3OS2/c17-13-8-4-7-12(9-13)14(21)18-15-19-20-16(23-15)22-10-11-5-2-1-3-6-11/h1-9H,10H2,(H,18,19,21). The smallest absolute Gasteiger partial charge is 0.257 e. The summed E-state index contributed by atoms with van der Waals surface area (Å²) in [6, 6.07) is 16.9. The zero-order chi connectivity index (χ0) is 16.1. The van der Waals surface area contributed by atoms with E-state index in [1.165, 1.54) is 16.9 Å². The Morgan fingerprint density at radius 3 is 2.74 bits per heavy atom. The fourth-order valence-electron chi connectivity index (χ4n) is 1.84. The van der Waals surface area contributed by atoms with Crippen molar-refractivity contribution >= 4 is 45.7 Å². The van der Waals surface area contributed by atoms with Crippen molar-refractivity contribution in [1.82, 2.24) is 10.2 Å². The number of halogens is 1. The lowest BCUT2D eigenvalue weighted by molar-refractivity contribution is 0.102. The number of aromatic nitrogens is 2. The molecule has 0 aliphatic carbocycles. The molecule has 1 aromatic heterocycles. The zero-order valence-corrected chi connectivity index (χ0v) is 14.3. The number of carbonyl (C=O) groups is 1. The van der Waals surface area contributed by atoms with Crippen molar-refractivity contribution in [2.75, 3.05) is 5.32 Å². The molecular weight excluding hydrogens is 350 g/mol. The number of nitrogens with zero attached hydrogens (tertiary/aromatic N) is 2.